The predicted octanol–water partition coefficient (Wildman–Crippen LogP) is 5.35. The van der Waals surface area contributed by atoms with Gasteiger partial charge in [0.05, 0.1) is 21.2 Å². The summed E-state index contributed by atoms with van der Waals surface area (Å²) in [4.78, 5) is 77.9. The summed E-state index contributed by atoms with van der Waals surface area (Å²) in [6.45, 7) is 8.09. The topological polar surface area (TPSA) is 257 Å². The first kappa shape index (κ1) is 49.3. The standard InChI is InChI=1S/C40H56N10O10S2/c1-9-13-15-25(11-3)23-41-61(57,58)31-21-27(43-45-33-35(51)47(5)39(55)48(6)36(33)52)17-19-29(31)30-20-18-28(44-46-34-37(53)49(7)40(56)50(8)38(34)54)22-32(30)62(59,60)42-24-26(12-4)16-14-10-2/h17-22,25-26,33-34,41-42H,9-16,23-24H2,1-8H3. The SMILES string of the molecule is CCCCC(CC)CNS(=O)(=O)c1cc(N=NC2C(=O)N(C)C(=O)N(C)C2=O)ccc1-c1ccc(N=NC2C(=O)N(C)C(=O)N(C)C2=O)cc1S(=O)(=O)NCC(CC)CCCC. The highest BCUT2D eigenvalue weighted by atomic mass is 32.2. The molecule has 2 aliphatic rings. The van der Waals surface area contributed by atoms with E-state index in [4.69, 9.17) is 0 Å². The van der Waals surface area contributed by atoms with Crippen LogP contribution >= 0.6 is 0 Å². The first-order chi connectivity index (χ1) is 29.2. The fourth-order valence-electron chi connectivity index (χ4n) is 6.75. The predicted molar refractivity (Wildman–Crippen MR) is 227 cm³/mol. The van der Waals surface area contributed by atoms with Gasteiger partial charge >= 0.3 is 12.1 Å². The Morgan fingerprint density at radius 2 is 0.871 bits per heavy atom. The number of hydrogen-bond acceptors (Lipinski definition) is 14. The normalized spacial score (nSPS) is 17.4. The van der Waals surface area contributed by atoms with Crippen molar-refractivity contribution in [1.82, 2.24) is 29.0 Å². The van der Waals surface area contributed by atoms with Gasteiger partial charge in [0.15, 0.2) is 0 Å². The lowest BCUT2D eigenvalue weighted by molar-refractivity contribution is -0.144. The largest absolute Gasteiger partial charge is 0.333 e. The van der Waals surface area contributed by atoms with Gasteiger partial charge in [-0.3, -0.25) is 38.8 Å². The lowest BCUT2D eigenvalue weighted by Crippen LogP contribution is -2.58. The molecule has 0 saturated carbocycles. The number of nitrogens with zero attached hydrogens (tertiary/aromatic N) is 8. The van der Waals surface area contributed by atoms with Crippen LogP contribution in [-0.4, -0.2) is 125 Å². The van der Waals surface area contributed by atoms with Crippen molar-refractivity contribution in [3.8, 4) is 11.1 Å². The van der Waals surface area contributed by atoms with E-state index in [9.17, 15) is 45.6 Å². The number of carbonyl (C=O) groups excluding carboxylic acids is 6. The number of amides is 8. The summed E-state index contributed by atoms with van der Waals surface area (Å²) in [5, 5.41) is 15.9. The zero-order valence-corrected chi connectivity index (χ0v) is 38.0. The maximum Gasteiger partial charge on any atom is 0.333 e. The van der Waals surface area contributed by atoms with Crippen LogP contribution < -0.4 is 9.44 Å². The van der Waals surface area contributed by atoms with Crippen LogP contribution in [0.1, 0.15) is 79.1 Å². The van der Waals surface area contributed by atoms with Gasteiger partial charge in [0, 0.05) is 52.4 Å². The molecule has 2 aromatic carbocycles. The number of likely N-dealkylation sites (N-methyl/N-ethyl adjacent to an activating group) is 4. The minimum atomic E-state index is -4.46. The van der Waals surface area contributed by atoms with E-state index in [0.29, 0.717) is 32.4 Å². The van der Waals surface area contributed by atoms with Gasteiger partial charge in [0.2, 0.25) is 32.1 Å². The molecule has 20 nitrogen and oxygen atoms in total. The highest BCUT2D eigenvalue weighted by Gasteiger charge is 2.44. The molecular formula is C40H56N10O10S2. The summed E-state index contributed by atoms with van der Waals surface area (Å²) in [5.74, 6) is -3.77. The molecule has 22 heteroatoms. The minimum Gasteiger partial charge on any atom is -0.271 e. The van der Waals surface area contributed by atoms with Crippen molar-refractivity contribution >= 4 is 67.1 Å². The van der Waals surface area contributed by atoms with E-state index >= 15 is 0 Å². The number of rotatable bonds is 21. The number of barbiturate groups is 2. The number of benzene rings is 2. The van der Waals surface area contributed by atoms with Gasteiger partial charge in [0.25, 0.3) is 23.6 Å². The number of carbonyl (C=O) groups is 6. The Morgan fingerprint density at radius 1 is 0.548 bits per heavy atom. The van der Waals surface area contributed by atoms with Crippen LogP contribution in [0.15, 0.2) is 66.6 Å². The summed E-state index contributed by atoms with van der Waals surface area (Å²) in [7, 11) is -4.20. The molecule has 4 rings (SSSR count). The van der Waals surface area contributed by atoms with Crippen LogP contribution in [0.4, 0.5) is 21.0 Å². The van der Waals surface area contributed by atoms with Crippen LogP contribution in [0.3, 0.4) is 0 Å². The Bertz CT molecular complexity index is 2130. The first-order valence-corrected chi connectivity index (χ1v) is 23.5. The highest BCUT2D eigenvalue weighted by Crippen LogP contribution is 2.37. The molecule has 2 unspecified atom stereocenters. The molecule has 338 valence electrons. The molecule has 2 aromatic rings. The van der Waals surface area contributed by atoms with Crippen LogP contribution in [0, 0.1) is 11.8 Å². The molecular weight excluding hydrogens is 845 g/mol. The summed E-state index contributed by atoms with van der Waals surface area (Å²) >= 11 is 0. The fraction of sp³-hybridized carbons (Fsp3) is 0.550. The second-order valence-corrected chi connectivity index (χ2v) is 18.8. The fourth-order valence-corrected chi connectivity index (χ4v) is 9.46. The number of nitrogens with one attached hydrogen (secondary N) is 2. The van der Waals surface area contributed by atoms with Crippen LogP contribution in [-0.2, 0) is 39.2 Å². The molecule has 2 aliphatic heterocycles. The minimum absolute atomic E-state index is 0.0133. The summed E-state index contributed by atoms with van der Waals surface area (Å²) in [5.41, 5.74) is -0.372. The van der Waals surface area contributed by atoms with E-state index in [1.54, 1.807) is 0 Å². The zero-order chi connectivity index (χ0) is 46.1. The van der Waals surface area contributed by atoms with Gasteiger partial charge < -0.3 is 0 Å². The number of imide groups is 4. The lowest BCUT2D eigenvalue weighted by Gasteiger charge is -2.30. The molecule has 2 saturated heterocycles. The average molecular weight is 901 g/mol. The van der Waals surface area contributed by atoms with Crippen LogP contribution in [0.2, 0.25) is 0 Å². The van der Waals surface area contributed by atoms with E-state index in [1.807, 2.05) is 27.7 Å². The van der Waals surface area contributed by atoms with Gasteiger partial charge in [-0.05, 0) is 48.9 Å². The second kappa shape index (κ2) is 21.2. The number of unbranched alkanes of at least 4 members (excludes halogenated alkanes) is 2. The van der Waals surface area contributed by atoms with Gasteiger partial charge in [-0.2, -0.15) is 20.5 Å². The third-order valence-electron chi connectivity index (χ3n) is 11.0. The van der Waals surface area contributed by atoms with Crippen molar-refractivity contribution in [3.05, 3.63) is 36.4 Å². The van der Waals surface area contributed by atoms with Crippen molar-refractivity contribution in [2.75, 3.05) is 41.3 Å². The first-order valence-electron chi connectivity index (χ1n) is 20.5. The Labute approximate surface area is 362 Å². The molecule has 0 spiro atoms. The van der Waals surface area contributed by atoms with E-state index in [2.05, 4.69) is 29.9 Å². The Morgan fingerprint density at radius 3 is 1.16 bits per heavy atom. The molecule has 2 fully saturated rings. The van der Waals surface area contributed by atoms with Gasteiger partial charge in [-0.1, -0.05) is 78.4 Å². The summed E-state index contributed by atoms with van der Waals surface area (Å²) in [6.07, 6.45) is 6.44. The second-order valence-electron chi connectivity index (χ2n) is 15.3. The molecule has 0 aromatic heterocycles. The molecule has 0 aliphatic carbocycles. The number of hydrogen-bond donors (Lipinski definition) is 2. The number of sulfonamides is 2. The van der Waals surface area contributed by atoms with Gasteiger partial charge in [0.1, 0.15) is 0 Å². The van der Waals surface area contributed by atoms with Crippen LogP contribution in [0.5, 0.6) is 0 Å². The molecule has 8 amide bonds. The summed E-state index contributed by atoms with van der Waals surface area (Å²) < 4.78 is 62.8. The molecule has 62 heavy (non-hydrogen) atoms. The lowest BCUT2D eigenvalue weighted by atomic mass is 10.00. The molecule has 2 N–H and O–H groups in total. The Balaban J connectivity index is 1.90. The summed E-state index contributed by atoms with van der Waals surface area (Å²) in [6, 6.07) is 2.40. The number of urea groups is 2. The van der Waals surface area contributed by atoms with Crippen LogP contribution in [0.25, 0.3) is 11.1 Å². The monoisotopic (exact) mass is 900 g/mol. The molecule has 2 heterocycles. The zero-order valence-electron chi connectivity index (χ0n) is 36.3. The maximum atomic E-state index is 14.4. The average Bonchev–Trinajstić information content (AvgIpc) is 3.26. The maximum absolute atomic E-state index is 14.4. The van der Waals surface area contributed by atoms with Gasteiger partial charge in [-0.25, -0.2) is 35.9 Å². The quantitative estimate of drug-likeness (QED) is 0.120. The Kier molecular flexibility index (Phi) is 16.8. The molecule has 0 bridgehead atoms. The highest BCUT2D eigenvalue weighted by molar-refractivity contribution is 7.90. The van der Waals surface area contributed by atoms with E-state index in [0.717, 1.165) is 50.7 Å². The number of azo groups is 2. The van der Waals surface area contributed by atoms with E-state index in [1.165, 1.54) is 52.5 Å². The van der Waals surface area contributed by atoms with Crippen molar-refractivity contribution in [2.45, 2.75) is 101 Å². The smallest absolute Gasteiger partial charge is 0.271 e. The van der Waals surface area contributed by atoms with Crippen molar-refractivity contribution < 1.29 is 45.6 Å². The third-order valence-corrected chi connectivity index (χ3v) is 13.9. The Hall–Kier alpha value is -5.32. The van der Waals surface area contributed by atoms with E-state index < -0.39 is 77.6 Å². The van der Waals surface area contributed by atoms with Gasteiger partial charge in [-0.15, -0.1) is 0 Å². The molecule has 2 atom stereocenters. The van der Waals surface area contributed by atoms with E-state index in [-0.39, 0.29) is 47.4 Å². The van der Waals surface area contributed by atoms with Crippen molar-refractivity contribution in [1.29, 1.82) is 0 Å². The molecule has 0 radical (unpaired) electrons. The third kappa shape index (κ3) is 11.2. The van der Waals surface area contributed by atoms with Crippen molar-refractivity contribution in [2.24, 2.45) is 32.3 Å². The van der Waals surface area contributed by atoms with Crippen molar-refractivity contribution in [3.63, 3.8) is 0 Å².